The van der Waals surface area contributed by atoms with Crippen LogP contribution in [-0.2, 0) is 9.47 Å². The van der Waals surface area contributed by atoms with Crippen molar-refractivity contribution in [2.24, 2.45) is 0 Å². The van der Waals surface area contributed by atoms with Crippen LogP contribution in [0.25, 0.3) is 0 Å². The van der Waals surface area contributed by atoms with E-state index in [-0.39, 0.29) is 0 Å². The average Bonchev–Trinajstić information content (AvgIpc) is 2.00. The fraction of sp³-hybridized carbons (Fsp3) is 1.00. The SMILES string of the molecule is CO[C@@H]1[C@@H](O)[C@@H](O)[C@H](O)OC1(C)C. The van der Waals surface area contributed by atoms with Gasteiger partial charge in [-0.3, -0.25) is 0 Å². The summed E-state index contributed by atoms with van der Waals surface area (Å²) in [5.74, 6) is 0. The Hall–Kier alpha value is -0.200. The molecule has 78 valence electrons. The predicted molar refractivity (Wildman–Crippen MR) is 44.0 cm³/mol. The van der Waals surface area contributed by atoms with Gasteiger partial charge in [0.15, 0.2) is 6.29 Å². The first-order chi connectivity index (χ1) is 5.90. The Morgan fingerprint density at radius 2 is 1.69 bits per heavy atom. The molecule has 3 N–H and O–H groups in total. The lowest BCUT2D eigenvalue weighted by Crippen LogP contribution is -2.62. The number of aliphatic hydroxyl groups excluding tert-OH is 3. The zero-order valence-corrected chi connectivity index (χ0v) is 7.97. The minimum Gasteiger partial charge on any atom is -0.387 e. The van der Waals surface area contributed by atoms with Crippen LogP contribution in [0.2, 0.25) is 0 Å². The second kappa shape index (κ2) is 3.51. The topological polar surface area (TPSA) is 79.2 Å². The Kier molecular flexibility index (Phi) is 2.94. The van der Waals surface area contributed by atoms with Gasteiger partial charge in [0.25, 0.3) is 0 Å². The van der Waals surface area contributed by atoms with E-state index < -0.39 is 30.2 Å². The lowest BCUT2D eigenvalue weighted by Gasteiger charge is -2.45. The van der Waals surface area contributed by atoms with Crippen molar-refractivity contribution in [3.05, 3.63) is 0 Å². The summed E-state index contributed by atoms with van der Waals surface area (Å²) in [7, 11) is 1.42. The molecule has 5 heteroatoms. The summed E-state index contributed by atoms with van der Waals surface area (Å²) in [6.45, 7) is 3.36. The van der Waals surface area contributed by atoms with Crippen LogP contribution < -0.4 is 0 Å². The summed E-state index contributed by atoms with van der Waals surface area (Å²) in [4.78, 5) is 0. The number of methoxy groups -OCH3 is 1. The minimum absolute atomic E-state index is 0.647. The molecular weight excluding hydrogens is 176 g/mol. The van der Waals surface area contributed by atoms with Gasteiger partial charge in [-0.25, -0.2) is 0 Å². The first-order valence-electron chi connectivity index (χ1n) is 4.15. The normalized spacial score (nSPS) is 44.8. The van der Waals surface area contributed by atoms with Crippen LogP contribution in [0.5, 0.6) is 0 Å². The third-order valence-corrected chi connectivity index (χ3v) is 2.32. The van der Waals surface area contributed by atoms with Crippen molar-refractivity contribution in [3.63, 3.8) is 0 Å². The number of ether oxygens (including phenoxy) is 2. The van der Waals surface area contributed by atoms with Crippen LogP contribution in [-0.4, -0.2) is 52.6 Å². The van der Waals surface area contributed by atoms with Crippen LogP contribution in [0.4, 0.5) is 0 Å². The molecule has 0 radical (unpaired) electrons. The van der Waals surface area contributed by atoms with E-state index in [1.807, 2.05) is 0 Å². The largest absolute Gasteiger partial charge is 0.387 e. The molecule has 13 heavy (non-hydrogen) atoms. The Balaban J connectivity index is 2.82. The van der Waals surface area contributed by atoms with Crippen LogP contribution in [0.15, 0.2) is 0 Å². The lowest BCUT2D eigenvalue weighted by atomic mass is 9.90. The van der Waals surface area contributed by atoms with Gasteiger partial charge in [0.1, 0.15) is 18.3 Å². The fourth-order valence-electron chi connectivity index (χ4n) is 1.63. The first-order valence-corrected chi connectivity index (χ1v) is 4.15. The van der Waals surface area contributed by atoms with Crippen LogP contribution in [0, 0.1) is 0 Å². The van der Waals surface area contributed by atoms with Crippen molar-refractivity contribution >= 4 is 0 Å². The standard InChI is InChI=1S/C8H16O5/c1-8(2)6(12-3)4(9)5(10)7(11)13-8/h4-7,9-11H,1-3H3/t4-,5+,6+,7+/m0/s1. The molecule has 0 unspecified atom stereocenters. The highest BCUT2D eigenvalue weighted by Gasteiger charge is 2.48. The molecule has 0 bridgehead atoms. The summed E-state index contributed by atoms with van der Waals surface area (Å²) in [5.41, 5.74) is -0.813. The highest BCUT2D eigenvalue weighted by Crippen LogP contribution is 2.30. The third-order valence-electron chi connectivity index (χ3n) is 2.32. The van der Waals surface area contributed by atoms with Gasteiger partial charge < -0.3 is 24.8 Å². The molecule has 0 saturated carbocycles. The predicted octanol–water partition coefficient (Wildman–Crippen LogP) is -1.15. The minimum atomic E-state index is -1.36. The summed E-state index contributed by atoms with van der Waals surface area (Å²) in [6.07, 6.45) is -4.47. The fourth-order valence-corrected chi connectivity index (χ4v) is 1.63. The van der Waals surface area contributed by atoms with Gasteiger partial charge in [-0.1, -0.05) is 0 Å². The maximum absolute atomic E-state index is 9.53. The van der Waals surface area contributed by atoms with Crippen molar-refractivity contribution in [2.45, 2.75) is 44.1 Å². The molecule has 1 saturated heterocycles. The van der Waals surface area contributed by atoms with Crippen molar-refractivity contribution in [2.75, 3.05) is 7.11 Å². The Morgan fingerprint density at radius 3 is 2.15 bits per heavy atom. The second-order valence-electron chi connectivity index (χ2n) is 3.75. The Morgan fingerprint density at radius 1 is 1.15 bits per heavy atom. The molecule has 4 atom stereocenters. The lowest BCUT2D eigenvalue weighted by molar-refractivity contribution is -0.314. The van der Waals surface area contributed by atoms with Crippen molar-refractivity contribution in [1.29, 1.82) is 0 Å². The monoisotopic (exact) mass is 192 g/mol. The van der Waals surface area contributed by atoms with E-state index in [4.69, 9.17) is 9.47 Å². The van der Waals surface area contributed by atoms with E-state index in [9.17, 15) is 15.3 Å². The maximum atomic E-state index is 9.53. The van der Waals surface area contributed by atoms with Gasteiger partial charge in [-0.2, -0.15) is 0 Å². The van der Waals surface area contributed by atoms with Gasteiger partial charge in [-0.15, -0.1) is 0 Å². The van der Waals surface area contributed by atoms with Gasteiger partial charge in [0.05, 0.1) is 5.60 Å². The highest BCUT2D eigenvalue weighted by molar-refractivity contribution is 4.95. The average molecular weight is 192 g/mol. The van der Waals surface area contributed by atoms with Crippen molar-refractivity contribution in [3.8, 4) is 0 Å². The van der Waals surface area contributed by atoms with Gasteiger partial charge in [0, 0.05) is 7.11 Å². The molecule has 0 spiro atoms. The zero-order valence-electron chi connectivity index (χ0n) is 7.97. The zero-order chi connectivity index (χ0) is 10.2. The summed E-state index contributed by atoms with van der Waals surface area (Å²) >= 11 is 0. The second-order valence-corrected chi connectivity index (χ2v) is 3.75. The third kappa shape index (κ3) is 1.84. The number of hydrogen-bond acceptors (Lipinski definition) is 5. The van der Waals surface area contributed by atoms with Crippen LogP contribution >= 0.6 is 0 Å². The first kappa shape index (κ1) is 10.9. The van der Waals surface area contributed by atoms with Crippen molar-refractivity contribution < 1.29 is 24.8 Å². The molecule has 0 aromatic heterocycles. The van der Waals surface area contributed by atoms with E-state index in [1.165, 1.54) is 7.11 Å². The molecule has 0 aromatic carbocycles. The molecular formula is C8H16O5. The summed E-state index contributed by atoms with van der Waals surface area (Å²) in [6, 6.07) is 0. The van der Waals surface area contributed by atoms with E-state index in [1.54, 1.807) is 13.8 Å². The summed E-state index contributed by atoms with van der Waals surface area (Å²) < 4.78 is 10.1. The van der Waals surface area contributed by atoms with E-state index >= 15 is 0 Å². The Bertz CT molecular complexity index is 181. The number of aliphatic hydroxyl groups is 3. The van der Waals surface area contributed by atoms with E-state index in [0.29, 0.717) is 0 Å². The smallest absolute Gasteiger partial charge is 0.184 e. The Labute approximate surface area is 76.9 Å². The van der Waals surface area contributed by atoms with Gasteiger partial charge in [-0.05, 0) is 13.8 Å². The van der Waals surface area contributed by atoms with Gasteiger partial charge in [0.2, 0.25) is 0 Å². The number of hydrogen-bond donors (Lipinski definition) is 3. The van der Waals surface area contributed by atoms with E-state index in [2.05, 4.69) is 0 Å². The molecule has 0 aromatic rings. The highest BCUT2D eigenvalue weighted by atomic mass is 16.7. The molecule has 0 amide bonds. The molecule has 1 heterocycles. The molecule has 5 nitrogen and oxygen atoms in total. The van der Waals surface area contributed by atoms with Crippen molar-refractivity contribution in [1.82, 2.24) is 0 Å². The molecule has 1 aliphatic heterocycles. The molecule has 1 fully saturated rings. The van der Waals surface area contributed by atoms with Crippen LogP contribution in [0.1, 0.15) is 13.8 Å². The molecule has 1 aliphatic rings. The van der Waals surface area contributed by atoms with Gasteiger partial charge >= 0.3 is 0 Å². The molecule has 0 aliphatic carbocycles. The van der Waals surface area contributed by atoms with Crippen LogP contribution in [0.3, 0.4) is 0 Å². The summed E-state index contributed by atoms with van der Waals surface area (Å²) in [5, 5.41) is 28.0. The number of rotatable bonds is 1. The quantitative estimate of drug-likeness (QED) is 0.489. The molecule has 1 rings (SSSR count). The van der Waals surface area contributed by atoms with E-state index in [0.717, 1.165) is 0 Å². The maximum Gasteiger partial charge on any atom is 0.184 e.